The number of aromatic nitrogens is 1. The number of pyridine rings is 1. The number of benzene rings is 2. The lowest BCUT2D eigenvalue weighted by atomic mass is 10.0. The van der Waals surface area contributed by atoms with Crippen LogP contribution in [0.15, 0.2) is 53.5 Å². The van der Waals surface area contributed by atoms with Crippen LogP contribution in [0.2, 0.25) is 0 Å². The highest BCUT2D eigenvalue weighted by molar-refractivity contribution is 5.90. The van der Waals surface area contributed by atoms with Crippen LogP contribution in [0.25, 0.3) is 21.8 Å². The maximum Gasteiger partial charge on any atom is 0.320 e. The molecule has 0 aliphatic heterocycles. The number of nitrogens with one attached hydrogen (secondary N) is 1. The Labute approximate surface area is 163 Å². The number of guanidine groups is 1. The molecule has 1 unspecified atom stereocenters. The molecule has 3 rings (SSSR count). The standard InChI is InChI=1S/C21H25N5O2/c1-26-18-9-3-2-6-14(18)12-16-15(7-4-10-19(16)26)13-25-17(20(27)28)8-5-11-24-21(22)23/h2-4,6-7,9-10,12,17,25H,5,8,11,13H2,1H3,(H4-,22,23,24,27,28)/p+1. The Morgan fingerprint density at radius 2 is 1.93 bits per heavy atom. The monoisotopic (exact) mass is 380 g/mol. The summed E-state index contributed by atoms with van der Waals surface area (Å²) in [5, 5.41) is 14.9. The molecule has 0 fully saturated rings. The number of carboxylic acids is 1. The summed E-state index contributed by atoms with van der Waals surface area (Å²) >= 11 is 0. The number of nitrogens with zero attached hydrogens (tertiary/aromatic N) is 2. The van der Waals surface area contributed by atoms with Crippen LogP contribution in [0.4, 0.5) is 0 Å². The zero-order chi connectivity index (χ0) is 20.1. The predicted octanol–water partition coefficient (Wildman–Crippen LogP) is 1.41. The molecule has 0 bridgehead atoms. The smallest absolute Gasteiger partial charge is 0.320 e. The normalized spacial score (nSPS) is 12.2. The highest BCUT2D eigenvalue weighted by Crippen LogP contribution is 2.21. The number of nitrogens with two attached hydrogens (primary N) is 2. The minimum Gasteiger partial charge on any atom is -0.480 e. The average molecular weight is 380 g/mol. The van der Waals surface area contributed by atoms with E-state index in [0.717, 1.165) is 27.4 Å². The molecule has 0 radical (unpaired) electrons. The Bertz CT molecular complexity index is 1030. The third-order valence-electron chi connectivity index (χ3n) is 4.92. The molecule has 7 nitrogen and oxygen atoms in total. The fourth-order valence-corrected chi connectivity index (χ4v) is 3.46. The van der Waals surface area contributed by atoms with Crippen molar-refractivity contribution in [2.24, 2.45) is 23.5 Å². The minimum absolute atomic E-state index is 0.0238. The summed E-state index contributed by atoms with van der Waals surface area (Å²) in [7, 11) is 2.05. The number of fused-ring (bicyclic) bond motifs is 2. The number of rotatable bonds is 8. The van der Waals surface area contributed by atoms with Gasteiger partial charge in [0.25, 0.3) is 0 Å². The molecular formula is C21H26N5O2+. The molecule has 0 aliphatic carbocycles. The second kappa shape index (κ2) is 8.67. The number of aliphatic imine (C=N–C) groups is 1. The maximum absolute atomic E-state index is 11.6. The first-order chi connectivity index (χ1) is 13.5. The van der Waals surface area contributed by atoms with Crippen LogP contribution in [0.3, 0.4) is 0 Å². The molecule has 2 aromatic carbocycles. The minimum atomic E-state index is -0.874. The van der Waals surface area contributed by atoms with Gasteiger partial charge in [-0.2, -0.15) is 4.57 Å². The Kier molecular flexibility index (Phi) is 6.06. The summed E-state index contributed by atoms with van der Waals surface area (Å²) in [6, 6.07) is 15.8. The number of para-hydroxylation sites is 1. The molecule has 0 amide bonds. The van der Waals surface area contributed by atoms with E-state index in [1.54, 1.807) is 0 Å². The molecule has 1 atom stereocenters. The van der Waals surface area contributed by atoms with Gasteiger partial charge >= 0.3 is 5.97 Å². The Morgan fingerprint density at radius 1 is 1.18 bits per heavy atom. The van der Waals surface area contributed by atoms with Crippen LogP contribution in [-0.2, 0) is 18.4 Å². The van der Waals surface area contributed by atoms with Gasteiger partial charge < -0.3 is 21.9 Å². The quantitative estimate of drug-likeness (QED) is 0.155. The van der Waals surface area contributed by atoms with Crippen LogP contribution in [0.5, 0.6) is 0 Å². The number of hydrogen-bond donors (Lipinski definition) is 4. The Balaban J connectivity index is 1.81. The van der Waals surface area contributed by atoms with Gasteiger partial charge in [0.2, 0.25) is 11.0 Å². The molecule has 1 aromatic heterocycles. The lowest BCUT2D eigenvalue weighted by Gasteiger charge is -2.15. The van der Waals surface area contributed by atoms with Gasteiger partial charge in [-0.3, -0.25) is 9.79 Å². The molecule has 1 heterocycles. The van der Waals surface area contributed by atoms with E-state index in [-0.39, 0.29) is 5.96 Å². The lowest BCUT2D eigenvalue weighted by Crippen LogP contribution is -2.36. The van der Waals surface area contributed by atoms with Crippen LogP contribution in [0, 0.1) is 0 Å². The summed E-state index contributed by atoms with van der Waals surface area (Å²) in [5.74, 6) is -0.850. The van der Waals surface area contributed by atoms with Crippen molar-refractivity contribution in [1.29, 1.82) is 0 Å². The topological polar surface area (TPSA) is 118 Å². The molecule has 0 saturated heterocycles. The molecule has 3 aromatic rings. The second-order valence-electron chi connectivity index (χ2n) is 6.83. The van der Waals surface area contributed by atoms with E-state index in [1.807, 2.05) is 31.3 Å². The average Bonchev–Trinajstić information content (AvgIpc) is 2.67. The zero-order valence-electron chi connectivity index (χ0n) is 15.9. The molecule has 146 valence electrons. The Morgan fingerprint density at radius 3 is 2.68 bits per heavy atom. The summed E-state index contributed by atoms with van der Waals surface area (Å²) < 4.78 is 2.16. The molecule has 0 spiro atoms. The fourth-order valence-electron chi connectivity index (χ4n) is 3.46. The van der Waals surface area contributed by atoms with E-state index in [9.17, 15) is 9.90 Å². The molecule has 7 heteroatoms. The molecule has 28 heavy (non-hydrogen) atoms. The molecule has 0 aliphatic rings. The first kappa shape index (κ1) is 19.6. The van der Waals surface area contributed by atoms with Gasteiger partial charge in [0, 0.05) is 30.6 Å². The first-order valence-electron chi connectivity index (χ1n) is 9.28. The van der Waals surface area contributed by atoms with Crippen molar-refractivity contribution in [3.8, 4) is 0 Å². The first-order valence-corrected chi connectivity index (χ1v) is 9.28. The van der Waals surface area contributed by atoms with E-state index >= 15 is 0 Å². The van der Waals surface area contributed by atoms with Crippen molar-refractivity contribution in [3.05, 3.63) is 54.1 Å². The predicted molar refractivity (Wildman–Crippen MR) is 111 cm³/mol. The lowest BCUT2D eigenvalue weighted by molar-refractivity contribution is -0.617. The van der Waals surface area contributed by atoms with Gasteiger partial charge in [-0.25, -0.2) is 0 Å². The molecular weight excluding hydrogens is 354 g/mol. The summed E-state index contributed by atoms with van der Waals surface area (Å²) in [4.78, 5) is 15.5. The third kappa shape index (κ3) is 4.37. The summed E-state index contributed by atoms with van der Waals surface area (Å²) in [6.45, 7) is 0.888. The zero-order valence-corrected chi connectivity index (χ0v) is 15.9. The van der Waals surface area contributed by atoms with Gasteiger partial charge in [-0.15, -0.1) is 0 Å². The van der Waals surface area contributed by atoms with Crippen LogP contribution in [-0.4, -0.2) is 29.6 Å². The van der Waals surface area contributed by atoms with Gasteiger partial charge in [0.1, 0.15) is 13.1 Å². The van der Waals surface area contributed by atoms with E-state index < -0.39 is 12.0 Å². The van der Waals surface area contributed by atoms with Crippen LogP contribution < -0.4 is 21.4 Å². The van der Waals surface area contributed by atoms with Gasteiger partial charge in [0.05, 0.1) is 5.39 Å². The number of aliphatic carboxylic acids is 1. The van der Waals surface area contributed by atoms with E-state index in [1.165, 1.54) is 0 Å². The van der Waals surface area contributed by atoms with Crippen molar-refractivity contribution < 1.29 is 14.5 Å². The van der Waals surface area contributed by atoms with E-state index in [0.29, 0.717) is 25.9 Å². The van der Waals surface area contributed by atoms with Crippen molar-refractivity contribution in [1.82, 2.24) is 5.32 Å². The number of aryl methyl sites for hydroxylation is 1. The Hall–Kier alpha value is -3.19. The molecule has 0 saturated carbocycles. The van der Waals surface area contributed by atoms with Crippen LogP contribution >= 0.6 is 0 Å². The highest BCUT2D eigenvalue weighted by Gasteiger charge is 2.18. The van der Waals surface area contributed by atoms with Crippen molar-refractivity contribution >= 4 is 33.7 Å². The van der Waals surface area contributed by atoms with Crippen molar-refractivity contribution in [3.63, 3.8) is 0 Å². The number of carboxylic acid groups (broad SMARTS) is 1. The maximum atomic E-state index is 11.6. The van der Waals surface area contributed by atoms with Crippen molar-refractivity contribution in [2.45, 2.75) is 25.4 Å². The van der Waals surface area contributed by atoms with Crippen molar-refractivity contribution in [2.75, 3.05) is 6.54 Å². The van der Waals surface area contributed by atoms with E-state index in [2.05, 4.69) is 39.1 Å². The number of hydrogen-bond acceptors (Lipinski definition) is 3. The highest BCUT2D eigenvalue weighted by atomic mass is 16.4. The summed E-state index contributed by atoms with van der Waals surface area (Å²) in [5.41, 5.74) is 13.9. The van der Waals surface area contributed by atoms with Gasteiger partial charge in [0.15, 0.2) is 5.96 Å². The second-order valence-corrected chi connectivity index (χ2v) is 6.83. The van der Waals surface area contributed by atoms with Crippen LogP contribution in [0.1, 0.15) is 18.4 Å². The fraction of sp³-hybridized carbons (Fsp3) is 0.286. The SMILES string of the molecule is C[n+]1c2ccccc2cc2c(CNC(CCCN=C(N)N)C(=O)O)cccc21. The third-order valence-corrected chi connectivity index (χ3v) is 4.92. The van der Waals surface area contributed by atoms with Gasteiger partial charge in [-0.05, 0) is 30.5 Å². The summed E-state index contributed by atoms with van der Waals surface area (Å²) in [6.07, 6.45) is 1.05. The van der Waals surface area contributed by atoms with Gasteiger partial charge in [-0.1, -0.05) is 24.3 Å². The largest absolute Gasteiger partial charge is 0.480 e. The van der Waals surface area contributed by atoms with E-state index in [4.69, 9.17) is 11.5 Å². The number of carbonyl (C=O) groups is 1. The molecule has 6 N–H and O–H groups in total.